The van der Waals surface area contributed by atoms with E-state index in [1.54, 1.807) is 7.11 Å². The van der Waals surface area contributed by atoms with E-state index in [9.17, 15) is 0 Å². The predicted octanol–water partition coefficient (Wildman–Crippen LogP) is -0.361. The average Bonchev–Trinajstić information content (AvgIpc) is 2.35. The molecule has 0 saturated heterocycles. The van der Waals surface area contributed by atoms with E-state index in [1.165, 1.54) is 0 Å². The van der Waals surface area contributed by atoms with Crippen molar-refractivity contribution in [3.05, 3.63) is 0 Å². The fourth-order valence-electron chi connectivity index (χ4n) is 1.10. The lowest BCUT2D eigenvalue weighted by Crippen LogP contribution is -2.25. The molecule has 3 N–H and O–H groups in total. The third-order valence-electron chi connectivity index (χ3n) is 1.98. The number of anilines is 2. The van der Waals surface area contributed by atoms with Gasteiger partial charge in [-0.15, -0.1) is 0 Å². The Labute approximate surface area is 100 Å². The van der Waals surface area contributed by atoms with Gasteiger partial charge in [0.05, 0.1) is 13.2 Å². The van der Waals surface area contributed by atoms with Crippen molar-refractivity contribution in [2.45, 2.75) is 6.92 Å². The number of likely N-dealkylation sites (N-methyl/N-ethyl adjacent to an activating group) is 1. The molecule has 96 valence electrons. The van der Waals surface area contributed by atoms with Crippen LogP contribution in [0.1, 0.15) is 6.92 Å². The number of rotatable bonds is 7. The molecule has 0 fully saturated rings. The maximum Gasteiger partial charge on any atom is 0.323 e. The minimum absolute atomic E-state index is 0.245. The summed E-state index contributed by atoms with van der Waals surface area (Å²) in [7, 11) is 3.49. The highest BCUT2D eigenvalue weighted by molar-refractivity contribution is 5.36. The van der Waals surface area contributed by atoms with E-state index in [0.29, 0.717) is 25.7 Å². The van der Waals surface area contributed by atoms with Gasteiger partial charge in [-0.3, -0.25) is 5.43 Å². The van der Waals surface area contributed by atoms with Gasteiger partial charge in [-0.1, -0.05) is 0 Å². The van der Waals surface area contributed by atoms with E-state index < -0.39 is 0 Å². The quantitative estimate of drug-likeness (QED) is 0.494. The molecule has 0 atom stereocenters. The summed E-state index contributed by atoms with van der Waals surface area (Å²) in [6.45, 7) is 3.58. The number of nitrogens with two attached hydrogens (primary N) is 1. The van der Waals surface area contributed by atoms with E-state index in [2.05, 4.69) is 20.4 Å². The van der Waals surface area contributed by atoms with Crippen molar-refractivity contribution in [2.24, 2.45) is 5.84 Å². The molecule has 1 rings (SSSR count). The molecule has 1 aromatic rings. The number of hydrazine groups is 1. The van der Waals surface area contributed by atoms with Crippen molar-refractivity contribution < 1.29 is 9.47 Å². The Morgan fingerprint density at radius 1 is 1.35 bits per heavy atom. The van der Waals surface area contributed by atoms with Crippen LogP contribution in [-0.2, 0) is 4.74 Å². The number of nitrogen functional groups attached to an aromatic ring is 1. The van der Waals surface area contributed by atoms with Gasteiger partial charge in [-0.25, -0.2) is 5.84 Å². The molecule has 0 radical (unpaired) electrons. The van der Waals surface area contributed by atoms with Crippen molar-refractivity contribution in [3.8, 4) is 6.01 Å². The largest absolute Gasteiger partial charge is 0.464 e. The van der Waals surface area contributed by atoms with Crippen LogP contribution in [0.4, 0.5) is 11.9 Å². The summed E-state index contributed by atoms with van der Waals surface area (Å²) >= 11 is 0. The number of nitrogens with one attached hydrogen (secondary N) is 1. The highest BCUT2D eigenvalue weighted by Gasteiger charge is 2.10. The Morgan fingerprint density at radius 3 is 2.71 bits per heavy atom. The van der Waals surface area contributed by atoms with Gasteiger partial charge in [0.15, 0.2) is 0 Å². The van der Waals surface area contributed by atoms with Crippen LogP contribution in [0.25, 0.3) is 0 Å². The maximum absolute atomic E-state index is 5.28. The number of hydrogen-bond donors (Lipinski definition) is 2. The fourth-order valence-corrected chi connectivity index (χ4v) is 1.10. The summed E-state index contributed by atoms with van der Waals surface area (Å²) in [4.78, 5) is 14.1. The maximum atomic E-state index is 5.28. The lowest BCUT2D eigenvalue weighted by atomic mass is 10.6. The van der Waals surface area contributed by atoms with Crippen LogP contribution >= 0.6 is 0 Å². The summed E-state index contributed by atoms with van der Waals surface area (Å²) in [6, 6.07) is 0.245. The van der Waals surface area contributed by atoms with Gasteiger partial charge in [0.25, 0.3) is 0 Å². The van der Waals surface area contributed by atoms with Crippen LogP contribution in [0.3, 0.4) is 0 Å². The summed E-state index contributed by atoms with van der Waals surface area (Å²) in [5.41, 5.74) is 2.38. The lowest BCUT2D eigenvalue weighted by Gasteiger charge is -2.17. The second-order valence-electron chi connectivity index (χ2n) is 3.23. The molecule has 0 amide bonds. The molecule has 0 aromatic carbocycles. The molecule has 0 bridgehead atoms. The lowest BCUT2D eigenvalue weighted by molar-refractivity contribution is 0.206. The summed E-state index contributed by atoms with van der Waals surface area (Å²) in [5.74, 6) is 6.03. The van der Waals surface area contributed by atoms with Crippen LogP contribution in [0.15, 0.2) is 0 Å². The van der Waals surface area contributed by atoms with E-state index in [4.69, 9.17) is 15.3 Å². The van der Waals surface area contributed by atoms with E-state index in [1.807, 2.05) is 18.9 Å². The second kappa shape index (κ2) is 6.81. The van der Waals surface area contributed by atoms with Crippen molar-refractivity contribution in [1.82, 2.24) is 15.0 Å². The van der Waals surface area contributed by atoms with Crippen LogP contribution < -0.4 is 20.9 Å². The van der Waals surface area contributed by atoms with Crippen molar-refractivity contribution in [2.75, 3.05) is 44.2 Å². The van der Waals surface area contributed by atoms with Crippen LogP contribution in [0.5, 0.6) is 6.01 Å². The highest BCUT2D eigenvalue weighted by atomic mass is 16.5. The molecule has 1 heterocycles. The summed E-state index contributed by atoms with van der Waals surface area (Å²) in [6.07, 6.45) is 0. The second-order valence-corrected chi connectivity index (χ2v) is 3.23. The molecule has 0 saturated carbocycles. The molecular weight excluding hydrogens is 224 g/mol. The van der Waals surface area contributed by atoms with Gasteiger partial charge in [0.2, 0.25) is 11.9 Å². The van der Waals surface area contributed by atoms with Gasteiger partial charge in [-0.2, -0.15) is 15.0 Å². The number of methoxy groups -OCH3 is 1. The predicted molar refractivity (Wildman–Crippen MR) is 64.0 cm³/mol. The summed E-state index contributed by atoms with van der Waals surface area (Å²) in [5, 5.41) is 0. The molecule has 1 aromatic heterocycles. The Bertz CT molecular complexity index is 348. The normalized spacial score (nSPS) is 10.1. The molecule has 0 aliphatic heterocycles. The van der Waals surface area contributed by atoms with Crippen molar-refractivity contribution in [1.29, 1.82) is 0 Å². The Hall–Kier alpha value is -1.67. The summed E-state index contributed by atoms with van der Waals surface area (Å²) < 4.78 is 10.2. The first kappa shape index (κ1) is 13.4. The van der Waals surface area contributed by atoms with Gasteiger partial charge >= 0.3 is 6.01 Å². The van der Waals surface area contributed by atoms with Gasteiger partial charge in [-0.05, 0) is 6.92 Å². The highest BCUT2D eigenvalue weighted by Crippen LogP contribution is 2.13. The molecule has 0 aliphatic rings. The van der Waals surface area contributed by atoms with E-state index >= 15 is 0 Å². The first-order chi connectivity index (χ1) is 8.21. The first-order valence-electron chi connectivity index (χ1n) is 5.26. The Balaban J connectivity index is 2.85. The minimum Gasteiger partial charge on any atom is -0.464 e. The number of aromatic nitrogens is 3. The van der Waals surface area contributed by atoms with E-state index in [0.717, 1.165) is 0 Å². The monoisotopic (exact) mass is 242 g/mol. The third-order valence-corrected chi connectivity index (χ3v) is 1.98. The molecule has 8 heteroatoms. The molecule has 0 aliphatic carbocycles. The van der Waals surface area contributed by atoms with Crippen molar-refractivity contribution in [3.63, 3.8) is 0 Å². The molecule has 8 nitrogen and oxygen atoms in total. The SMILES string of the molecule is CCOc1nc(NN)nc(N(C)CCOC)n1. The van der Waals surface area contributed by atoms with Crippen molar-refractivity contribution >= 4 is 11.9 Å². The first-order valence-corrected chi connectivity index (χ1v) is 5.26. The topological polar surface area (TPSA) is 98.4 Å². The van der Waals surface area contributed by atoms with Gasteiger partial charge < -0.3 is 14.4 Å². The van der Waals surface area contributed by atoms with E-state index in [-0.39, 0.29) is 12.0 Å². The minimum atomic E-state index is 0.245. The Morgan fingerprint density at radius 2 is 2.12 bits per heavy atom. The number of nitrogens with zero attached hydrogens (tertiary/aromatic N) is 4. The zero-order chi connectivity index (χ0) is 12.7. The average molecular weight is 242 g/mol. The van der Waals surface area contributed by atoms with Crippen LogP contribution in [-0.4, -0.2) is 48.9 Å². The van der Waals surface area contributed by atoms with Crippen LogP contribution in [0, 0.1) is 0 Å². The van der Waals surface area contributed by atoms with Gasteiger partial charge in [0.1, 0.15) is 0 Å². The third kappa shape index (κ3) is 4.00. The molecular formula is C9H18N6O2. The molecule has 0 spiro atoms. The zero-order valence-corrected chi connectivity index (χ0v) is 10.3. The number of ether oxygens (including phenoxy) is 2. The fraction of sp³-hybridized carbons (Fsp3) is 0.667. The Kier molecular flexibility index (Phi) is 5.37. The van der Waals surface area contributed by atoms with Crippen LogP contribution in [0.2, 0.25) is 0 Å². The smallest absolute Gasteiger partial charge is 0.323 e. The number of hydrogen-bond acceptors (Lipinski definition) is 8. The zero-order valence-electron chi connectivity index (χ0n) is 10.3. The standard InChI is InChI=1S/C9H18N6O2/c1-4-17-9-12-7(14-10)11-8(13-9)15(2)5-6-16-3/h4-6,10H2,1-3H3,(H,11,12,13,14). The molecule has 0 unspecified atom stereocenters. The van der Waals surface area contributed by atoms with Gasteiger partial charge in [0, 0.05) is 20.7 Å². The molecule has 17 heavy (non-hydrogen) atoms.